The maximum atomic E-state index is 13.8. The third kappa shape index (κ3) is 4.34. The SMILES string of the molecule is CC[C@@H](C(=O)Nc1c(F)cccc1F)N(c1ccc(F)cc1)S(C)(=O)=O. The fourth-order valence-electron chi connectivity index (χ4n) is 2.47. The van der Waals surface area contributed by atoms with Crippen molar-refractivity contribution in [2.45, 2.75) is 19.4 Å². The van der Waals surface area contributed by atoms with Gasteiger partial charge in [0.2, 0.25) is 15.9 Å². The Morgan fingerprint density at radius 3 is 2.08 bits per heavy atom. The van der Waals surface area contributed by atoms with E-state index in [1.54, 1.807) is 6.92 Å². The minimum absolute atomic E-state index is 0.0202. The fraction of sp³-hybridized carbons (Fsp3) is 0.235. The number of sulfonamides is 1. The Hall–Kier alpha value is -2.55. The molecule has 9 heteroatoms. The molecule has 2 aromatic carbocycles. The molecule has 1 amide bonds. The van der Waals surface area contributed by atoms with E-state index in [4.69, 9.17) is 0 Å². The molecule has 0 saturated carbocycles. The predicted molar refractivity (Wildman–Crippen MR) is 92.8 cm³/mol. The number of carbonyl (C=O) groups excluding carboxylic acids is 1. The number of rotatable bonds is 6. The number of nitrogens with one attached hydrogen (secondary N) is 1. The lowest BCUT2D eigenvalue weighted by atomic mass is 10.1. The van der Waals surface area contributed by atoms with E-state index in [1.165, 1.54) is 12.1 Å². The molecule has 0 aliphatic heterocycles. The van der Waals surface area contributed by atoms with Gasteiger partial charge in [0.15, 0.2) is 0 Å². The highest BCUT2D eigenvalue weighted by Gasteiger charge is 2.32. The number of halogens is 3. The molecular formula is C17H17F3N2O3S. The molecule has 140 valence electrons. The molecule has 5 nitrogen and oxygen atoms in total. The van der Waals surface area contributed by atoms with Crippen molar-refractivity contribution < 1.29 is 26.4 Å². The van der Waals surface area contributed by atoms with Gasteiger partial charge in [0, 0.05) is 0 Å². The monoisotopic (exact) mass is 386 g/mol. The molecule has 0 aromatic heterocycles. The van der Waals surface area contributed by atoms with Crippen molar-refractivity contribution in [3.63, 3.8) is 0 Å². The van der Waals surface area contributed by atoms with Gasteiger partial charge in [0.05, 0.1) is 11.9 Å². The molecule has 0 saturated heterocycles. The van der Waals surface area contributed by atoms with Crippen LogP contribution in [0.2, 0.25) is 0 Å². The summed E-state index contributed by atoms with van der Waals surface area (Å²) in [5, 5.41) is 2.09. The lowest BCUT2D eigenvalue weighted by molar-refractivity contribution is -0.117. The van der Waals surface area contributed by atoms with Crippen LogP contribution in [0.3, 0.4) is 0 Å². The van der Waals surface area contributed by atoms with Crippen LogP contribution in [-0.2, 0) is 14.8 Å². The first-order valence-electron chi connectivity index (χ1n) is 7.65. The number of hydrogen-bond donors (Lipinski definition) is 1. The summed E-state index contributed by atoms with van der Waals surface area (Å²) in [4.78, 5) is 12.6. The van der Waals surface area contributed by atoms with Crippen molar-refractivity contribution in [2.24, 2.45) is 0 Å². The minimum atomic E-state index is -3.94. The topological polar surface area (TPSA) is 66.5 Å². The van der Waals surface area contributed by atoms with Gasteiger partial charge in [-0.15, -0.1) is 0 Å². The molecule has 0 unspecified atom stereocenters. The largest absolute Gasteiger partial charge is 0.319 e. The first-order valence-corrected chi connectivity index (χ1v) is 9.49. The van der Waals surface area contributed by atoms with Crippen LogP contribution < -0.4 is 9.62 Å². The lowest BCUT2D eigenvalue weighted by Gasteiger charge is -2.30. The van der Waals surface area contributed by atoms with Crippen molar-refractivity contribution in [1.82, 2.24) is 0 Å². The first kappa shape index (κ1) is 19.8. The van der Waals surface area contributed by atoms with Gasteiger partial charge in [-0.2, -0.15) is 0 Å². The van der Waals surface area contributed by atoms with Crippen LogP contribution >= 0.6 is 0 Å². The van der Waals surface area contributed by atoms with Crippen molar-refractivity contribution in [3.05, 3.63) is 59.9 Å². The van der Waals surface area contributed by atoms with Crippen LogP contribution in [-0.4, -0.2) is 26.6 Å². The molecule has 0 bridgehead atoms. The van der Waals surface area contributed by atoms with E-state index in [0.29, 0.717) is 0 Å². The standard InChI is InChI=1S/C17H17F3N2O3S/c1-3-15(17(23)21-16-13(19)5-4-6-14(16)20)22(26(2,24)25)12-9-7-11(18)8-10-12/h4-10,15H,3H2,1-2H3,(H,21,23)/t15-/m0/s1. The summed E-state index contributed by atoms with van der Waals surface area (Å²) in [5.74, 6) is -3.46. The molecule has 1 atom stereocenters. The second kappa shape index (κ2) is 7.77. The van der Waals surface area contributed by atoms with Gasteiger partial charge in [-0.25, -0.2) is 21.6 Å². The number of carbonyl (C=O) groups is 1. The second-order valence-corrected chi connectivity index (χ2v) is 7.40. The zero-order valence-electron chi connectivity index (χ0n) is 14.0. The Labute approximate surface area is 149 Å². The summed E-state index contributed by atoms with van der Waals surface area (Å²) in [7, 11) is -3.94. The molecule has 2 rings (SSSR count). The Kier molecular flexibility index (Phi) is 5.91. The summed E-state index contributed by atoms with van der Waals surface area (Å²) in [6.45, 7) is 1.55. The lowest BCUT2D eigenvalue weighted by Crippen LogP contribution is -2.47. The number of benzene rings is 2. The van der Waals surface area contributed by atoms with Gasteiger partial charge in [0.25, 0.3) is 0 Å². The normalized spacial score (nSPS) is 12.5. The number of para-hydroxylation sites is 1. The van der Waals surface area contributed by atoms with E-state index < -0.39 is 45.1 Å². The van der Waals surface area contributed by atoms with Crippen molar-refractivity contribution in [2.75, 3.05) is 15.9 Å². The number of nitrogens with zero attached hydrogens (tertiary/aromatic N) is 1. The predicted octanol–water partition coefficient (Wildman–Crippen LogP) is 3.29. The highest BCUT2D eigenvalue weighted by molar-refractivity contribution is 7.92. The van der Waals surface area contributed by atoms with Gasteiger partial charge in [-0.1, -0.05) is 13.0 Å². The van der Waals surface area contributed by atoms with Crippen LogP contribution in [0.15, 0.2) is 42.5 Å². The number of hydrogen-bond acceptors (Lipinski definition) is 3. The third-order valence-electron chi connectivity index (χ3n) is 3.62. The molecule has 0 radical (unpaired) electrons. The zero-order chi connectivity index (χ0) is 19.5. The van der Waals surface area contributed by atoms with Crippen LogP contribution in [0, 0.1) is 17.5 Å². The third-order valence-corrected chi connectivity index (χ3v) is 4.80. The second-order valence-electron chi connectivity index (χ2n) is 5.55. The van der Waals surface area contributed by atoms with Gasteiger partial charge < -0.3 is 5.32 Å². The zero-order valence-corrected chi connectivity index (χ0v) is 14.9. The molecule has 0 heterocycles. The summed E-state index contributed by atoms with van der Waals surface area (Å²) >= 11 is 0. The first-order chi connectivity index (χ1) is 12.1. The Morgan fingerprint density at radius 2 is 1.62 bits per heavy atom. The van der Waals surface area contributed by atoms with Gasteiger partial charge in [0.1, 0.15) is 29.2 Å². The molecule has 1 N–H and O–H groups in total. The molecule has 26 heavy (non-hydrogen) atoms. The molecular weight excluding hydrogens is 369 g/mol. The molecule has 0 aliphatic rings. The van der Waals surface area contributed by atoms with E-state index in [2.05, 4.69) is 5.32 Å². The van der Waals surface area contributed by atoms with E-state index >= 15 is 0 Å². The van der Waals surface area contributed by atoms with Gasteiger partial charge in [-0.05, 0) is 42.8 Å². The summed E-state index contributed by atoms with van der Waals surface area (Å²) in [6.07, 6.45) is 0.905. The van der Waals surface area contributed by atoms with Gasteiger partial charge >= 0.3 is 0 Å². The van der Waals surface area contributed by atoms with E-state index in [9.17, 15) is 26.4 Å². The van der Waals surface area contributed by atoms with Crippen LogP contribution in [0.4, 0.5) is 24.5 Å². The van der Waals surface area contributed by atoms with Crippen LogP contribution in [0.5, 0.6) is 0 Å². The van der Waals surface area contributed by atoms with Crippen LogP contribution in [0.25, 0.3) is 0 Å². The van der Waals surface area contributed by atoms with Crippen molar-refractivity contribution in [3.8, 4) is 0 Å². The van der Waals surface area contributed by atoms with E-state index in [1.807, 2.05) is 0 Å². The summed E-state index contributed by atoms with van der Waals surface area (Å²) in [5.41, 5.74) is -0.603. The smallest absolute Gasteiger partial charge is 0.248 e. The average molecular weight is 386 g/mol. The van der Waals surface area contributed by atoms with Crippen molar-refractivity contribution >= 4 is 27.3 Å². The molecule has 0 aliphatic carbocycles. The van der Waals surface area contributed by atoms with Gasteiger partial charge in [-0.3, -0.25) is 9.10 Å². The average Bonchev–Trinajstić information content (AvgIpc) is 2.56. The molecule has 0 fully saturated rings. The molecule has 2 aromatic rings. The quantitative estimate of drug-likeness (QED) is 0.829. The Bertz CT molecular complexity index is 882. The minimum Gasteiger partial charge on any atom is -0.319 e. The van der Waals surface area contributed by atoms with Crippen molar-refractivity contribution in [1.29, 1.82) is 0 Å². The van der Waals surface area contributed by atoms with E-state index in [0.717, 1.165) is 40.9 Å². The highest BCUT2D eigenvalue weighted by Crippen LogP contribution is 2.25. The Balaban J connectivity index is 2.41. The maximum absolute atomic E-state index is 13.8. The molecule has 0 spiro atoms. The highest BCUT2D eigenvalue weighted by atomic mass is 32.2. The summed E-state index contributed by atoms with van der Waals surface area (Å²) in [6, 6.07) is 6.30. The Morgan fingerprint density at radius 1 is 1.08 bits per heavy atom. The van der Waals surface area contributed by atoms with E-state index in [-0.39, 0.29) is 12.1 Å². The fourth-order valence-corrected chi connectivity index (χ4v) is 3.68. The maximum Gasteiger partial charge on any atom is 0.248 e. The number of amides is 1. The summed E-state index contributed by atoms with van der Waals surface area (Å²) < 4.78 is 65.9. The number of anilines is 2. The van der Waals surface area contributed by atoms with Crippen LogP contribution in [0.1, 0.15) is 13.3 Å².